The number of azide groups is 1. The number of nitrogens with zero attached hydrogens (tertiary/aromatic N) is 4. The van der Waals surface area contributed by atoms with Crippen molar-refractivity contribution < 1.29 is 76.1 Å². The van der Waals surface area contributed by atoms with Gasteiger partial charge in [-0.15, -0.1) is 0 Å². The zero-order chi connectivity index (χ0) is 40.6. The van der Waals surface area contributed by atoms with Crippen molar-refractivity contribution in [1.29, 1.82) is 0 Å². The van der Waals surface area contributed by atoms with Crippen LogP contribution in [0.1, 0.15) is 46.0 Å². The number of ether oxygens (including phenoxy) is 10. The summed E-state index contributed by atoms with van der Waals surface area (Å²) >= 11 is 0. The zero-order valence-electron chi connectivity index (χ0n) is 32.1. The first-order chi connectivity index (χ1) is 26.5. The molecule has 5 aliphatic rings. The molecule has 1 aromatic carbocycles. The molecule has 5 heterocycles. The Morgan fingerprint density at radius 2 is 1.80 bits per heavy atom. The maximum absolute atomic E-state index is 14.2. The second kappa shape index (κ2) is 16.5. The molecular formula is C35H48N4O16Si. The minimum atomic E-state index is -2.64. The van der Waals surface area contributed by atoms with Crippen molar-refractivity contribution in [3.05, 3.63) is 46.3 Å². The fourth-order valence-corrected chi connectivity index (χ4v) is 8.48. The lowest BCUT2D eigenvalue weighted by molar-refractivity contribution is -0.399. The number of carbonyl (C=O) groups is 4. The van der Waals surface area contributed by atoms with Gasteiger partial charge in [-0.25, -0.2) is 19.3 Å². The number of esters is 1. The van der Waals surface area contributed by atoms with Gasteiger partial charge in [0.1, 0.15) is 55.4 Å². The van der Waals surface area contributed by atoms with Gasteiger partial charge in [0.15, 0.2) is 27.0 Å². The van der Waals surface area contributed by atoms with E-state index in [1.807, 2.05) is 39.9 Å². The van der Waals surface area contributed by atoms with Crippen molar-refractivity contribution >= 4 is 32.4 Å². The minimum absolute atomic E-state index is 0.0674. The molecule has 0 radical (unpaired) electrons. The first-order valence-electron chi connectivity index (χ1n) is 18.2. The van der Waals surface area contributed by atoms with Crippen molar-refractivity contribution in [1.82, 2.24) is 4.90 Å². The van der Waals surface area contributed by atoms with Crippen molar-refractivity contribution in [3.8, 4) is 0 Å². The average molecular weight is 809 g/mol. The molecule has 6 rings (SSSR count). The van der Waals surface area contributed by atoms with Gasteiger partial charge in [-0.05, 0) is 23.7 Å². The van der Waals surface area contributed by atoms with E-state index in [0.29, 0.717) is 5.56 Å². The lowest BCUT2D eigenvalue weighted by atomic mass is 9.87. The minimum Gasteiger partial charge on any atom is -0.465 e. The number of cyclic esters (lactones) is 2. The summed E-state index contributed by atoms with van der Waals surface area (Å²) in [5.41, 5.74) is 9.38. The van der Waals surface area contributed by atoms with Crippen LogP contribution in [-0.4, -0.2) is 143 Å². The topological polar surface area (TPSA) is 242 Å². The third kappa shape index (κ3) is 8.24. The summed E-state index contributed by atoms with van der Waals surface area (Å²) in [5, 5.41) is 15.0. The number of imide groups is 1. The van der Waals surface area contributed by atoms with Crippen LogP contribution in [0.2, 0.25) is 18.1 Å². The summed E-state index contributed by atoms with van der Waals surface area (Å²) in [6.07, 6.45) is -15.5. The Morgan fingerprint density at radius 3 is 2.46 bits per heavy atom. The molecule has 3 unspecified atom stereocenters. The maximum atomic E-state index is 14.2. The molecular weight excluding hydrogens is 760 g/mol. The maximum Gasteiger partial charge on any atom is 0.508 e. The van der Waals surface area contributed by atoms with Crippen LogP contribution in [0.5, 0.6) is 0 Å². The molecule has 21 heteroatoms. The fraction of sp³-hybridized carbons (Fsp3) is 0.714. The van der Waals surface area contributed by atoms with Crippen LogP contribution in [0.25, 0.3) is 10.4 Å². The van der Waals surface area contributed by atoms with Gasteiger partial charge in [0.2, 0.25) is 5.91 Å². The third-order valence-electron chi connectivity index (χ3n) is 10.9. The van der Waals surface area contributed by atoms with Gasteiger partial charge in [-0.1, -0.05) is 56.2 Å². The summed E-state index contributed by atoms with van der Waals surface area (Å²) in [5.74, 6) is -4.32. The van der Waals surface area contributed by atoms with Gasteiger partial charge >= 0.3 is 18.2 Å². The Labute approximate surface area is 323 Å². The molecule has 0 aliphatic carbocycles. The number of aliphatic hydroxyl groups is 1. The van der Waals surface area contributed by atoms with Crippen LogP contribution < -0.4 is 0 Å². The quantitative estimate of drug-likeness (QED) is 0.0642. The largest absolute Gasteiger partial charge is 0.508 e. The number of hydrogen-bond donors (Lipinski definition) is 1. The molecule has 0 aromatic heterocycles. The van der Waals surface area contributed by atoms with Gasteiger partial charge in [0.25, 0.3) is 5.79 Å². The third-order valence-corrected chi connectivity index (χ3v) is 15.4. The van der Waals surface area contributed by atoms with Crippen molar-refractivity contribution in [2.75, 3.05) is 33.5 Å². The molecule has 20 nitrogen and oxygen atoms in total. The van der Waals surface area contributed by atoms with Gasteiger partial charge in [0, 0.05) is 23.9 Å². The molecule has 2 amide bonds. The Hall–Kier alpha value is -3.89. The Morgan fingerprint density at radius 1 is 1.07 bits per heavy atom. The summed E-state index contributed by atoms with van der Waals surface area (Å²) in [6, 6.07) is 7.71. The Balaban J connectivity index is 1.41. The van der Waals surface area contributed by atoms with E-state index in [1.54, 1.807) is 24.3 Å². The molecule has 56 heavy (non-hydrogen) atoms. The van der Waals surface area contributed by atoms with E-state index >= 15 is 0 Å². The molecule has 0 saturated carbocycles. The average Bonchev–Trinajstić information content (AvgIpc) is 3.50. The SMILES string of the molecule is COC(=O)[C@@]1(O[C@@H]2[C@@H](O)[C@H](OCCN=[N+]=[N-])O[C@@H]3COC(c4ccccc4)O[C@H]23)C[C@@H]2OC(=O)N(C(C)=O)[C@H]2[C@H](C2OC(=O)OCC2O[Si](C)(C)C(C)(C)C)O1. The number of methoxy groups -OCH3 is 1. The van der Waals surface area contributed by atoms with Crippen molar-refractivity contribution in [2.45, 2.75) is 125 Å². The van der Waals surface area contributed by atoms with E-state index < -0.39 is 112 Å². The van der Waals surface area contributed by atoms with Crippen LogP contribution in [-0.2, 0) is 61.4 Å². The Kier molecular flexibility index (Phi) is 12.3. The van der Waals surface area contributed by atoms with Gasteiger partial charge in [0.05, 0.1) is 26.7 Å². The van der Waals surface area contributed by atoms with Crippen LogP contribution in [0, 0.1) is 0 Å². The molecule has 0 spiro atoms. The first kappa shape index (κ1) is 41.7. The molecule has 5 fully saturated rings. The second-order valence-corrected chi connectivity index (χ2v) is 20.3. The van der Waals surface area contributed by atoms with Crippen LogP contribution >= 0.6 is 0 Å². The molecule has 1 N–H and O–H groups in total. The van der Waals surface area contributed by atoms with Gasteiger partial charge in [-0.3, -0.25) is 4.79 Å². The molecule has 1 aromatic rings. The van der Waals surface area contributed by atoms with Gasteiger partial charge in [-0.2, -0.15) is 0 Å². The zero-order valence-corrected chi connectivity index (χ0v) is 33.1. The standard InChI is InChI=1S/C35H48N4O16Si/c1-18(40)39-23-20(50-32(39)43)15-35(31(42)45-5,53-27(23)26-22(17-48-33(44)52-26)55-56(6,7)34(2,3)4)54-28-24(41)30(46-14-13-37-38-36)49-21-16-47-29(51-25(21)28)19-11-9-8-10-12-19/h8-12,20-30,41H,13-17H2,1-7H3/t20-,21+,22?,23+,24+,25-,26?,27+,28+,29?,30+,35-/m0/s1. The number of hydrogen-bond acceptors (Lipinski definition) is 17. The highest BCUT2D eigenvalue weighted by Gasteiger charge is 2.67. The number of fused-ring (bicyclic) bond motifs is 2. The summed E-state index contributed by atoms with van der Waals surface area (Å²) in [7, 11) is -1.55. The highest BCUT2D eigenvalue weighted by atomic mass is 28.4. The van der Waals surface area contributed by atoms with E-state index in [2.05, 4.69) is 10.0 Å². The molecule has 5 aliphatic heterocycles. The Bertz CT molecular complexity index is 1680. The van der Waals surface area contributed by atoms with Crippen molar-refractivity contribution in [2.24, 2.45) is 5.11 Å². The van der Waals surface area contributed by atoms with E-state index in [0.717, 1.165) is 18.9 Å². The second-order valence-electron chi connectivity index (χ2n) is 15.5. The van der Waals surface area contributed by atoms with E-state index in [1.165, 1.54) is 0 Å². The van der Waals surface area contributed by atoms with Crippen LogP contribution in [0.3, 0.4) is 0 Å². The normalized spacial score (nSPS) is 35.9. The summed E-state index contributed by atoms with van der Waals surface area (Å²) < 4.78 is 66.0. The monoisotopic (exact) mass is 808 g/mol. The predicted molar refractivity (Wildman–Crippen MR) is 189 cm³/mol. The van der Waals surface area contributed by atoms with Crippen LogP contribution in [0.4, 0.5) is 9.59 Å². The highest BCUT2D eigenvalue weighted by molar-refractivity contribution is 6.74. The number of carbonyl (C=O) groups excluding carboxylic acids is 4. The molecule has 308 valence electrons. The fourth-order valence-electron chi connectivity index (χ4n) is 7.17. The lowest BCUT2D eigenvalue weighted by Crippen LogP contribution is -2.71. The number of benzene rings is 1. The lowest BCUT2D eigenvalue weighted by Gasteiger charge is -2.52. The number of rotatable bonds is 11. The molecule has 12 atom stereocenters. The van der Waals surface area contributed by atoms with E-state index in [9.17, 15) is 24.3 Å². The number of amides is 2. The summed E-state index contributed by atoms with van der Waals surface area (Å²) in [4.78, 5) is 56.8. The highest BCUT2D eigenvalue weighted by Crippen LogP contribution is 2.46. The van der Waals surface area contributed by atoms with Crippen molar-refractivity contribution in [3.63, 3.8) is 0 Å². The predicted octanol–water partition coefficient (Wildman–Crippen LogP) is 3.22. The smallest absolute Gasteiger partial charge is 0.465 e. The van der Waals surface area contributed by atoms with Crippen LogP contribution in [0.15, 0.2) is 35.4 Å². The molecule has 0 bridgehead atoms. The summed E-state index contributed by atoms with van der Waals surface area (Å²) in [6.45, 7) is 10.5. The van der Waals surface area contributed by atoms with E-state index in [4.69, 9.17) is 57.3 Å². The first-order valence-corrected chi connectivity index (χ1v) is 21.1. The van der Waals surface area contributed by atoms with Gasteiger partial charge < -0.3 is 56.9 Å². The number of aliphatic hydroxyl groups excluding tert-OH is 1. The molecule has 5 saturated heterocycles. The van der Waals surface area contributed by atoms with E-state index in [-0.39, 0.29) is 31.4 Å².